The molecule has 0 aliphatic heterocycles. The second-order valence-electron chi connectivity index (χ2n) is 2.72. The molecular weight excluding hydrogens is 230 g/mol. The highest BCUT2D eigenvalue weighted by molar-refractivity contribution is 8.11. The summed E-state index contributed by atoms with van der Waals surface area (Å²) in [5, 5.41) is 11.4. The van der Waals surface area contributed by atoms with E-state index in [1.54, 1.807) is 30.3 Å². The minimum Gasteiger partial charge on any atom is -0.508 e. The SMILES string of the molecule is O=C(/C=C\c1ccc(O)cc1)NC(=S)S. The molecule has 0 heterocycles. The second kappa shape index (κ2) is 5.53. The highest BCUT2D eigenvalue weighted by Crippen LogP contribution is 2.10. The molecule has 0 unspecified atom stereocenters. The molecule has 0 aromatic heterocycles. The van der Waals surface area contributed by atoms with Crippen LogP contribution >= 0.6 is 24.8 Å². The first kappa shape index (κ1) is 11.7. The third-order valence-electron chi connectivity index (χ3n) is 1.55. The molecule has 0 saturated heterocycles. The molecule has 0 atom stereocenters. The highest BCUT2D eigenvalue weighted by Gasteiger charge is 1.95. The first-order valence-corrected chi connectivity index (χ1v) is 4.94. The van der Waals surface area contributed by atoms with Crippen LogP contribution in [0.4, 0.5) is 0 Å². The molecule has 15 heavy (non-hydrogen) atoms. The van der Waals surface area contributed by atoms with Crippen LogP contribution in [0.2, 0.25) is 0 Å². The predicted octanol–water partition coefficient (Wildman–Crippen LogP) is 1.74. The average molecular weight is 239 g/mol. The van der Waals surface area contributed by atoms with Crippen LogP contribution in [-0.2, 0) is 4.79 Å². The molecular formula is C10H9NO2S2. The number of rotatable bonds is 2. The van der Waals surface area contributed by atoms with Crippen molar-refractivity contribution in [2.24, 2.45) is 0 Å². The van der Waals surface area contributed by atoms with Gasteiger partial charge in [-0.1, -0.05) is 24.4 Å². The maximum absolute atomic E-state index is 11.1. The Bertz CT molecular complexity index is 398. The van der Waals surface area contributed by atoms with E-state index in [1.165, 1.54) is 6.08 Å². The van der Waals surface area contributed by atoms with Crippen molar-refractivity contribution >= 4 is 41.2 Å². The van der Waals surface area contributed by atoms with Crippen LogP contribution in [0.15, 0.2) is 30.3 Å². The van der Waals surface area contributed by atoms with E-state index in [0.717, 1.165) is 5.56 Å². The molecule has 3 nitrogen and oxygen atoms in total. The van der Waals surface area contributed by atoms with E-state index in [-0.39, 0.29) is 16.0 Å². The van der Waals surface area contributed by atoms with Gasteiger partial charge in [-0.15, -0.1) is 12.6 Å². The number of thiocarbonyl (C=S) groups is 1. The Kier molecular flexibility index (Phi) is 4.33. The fraction of sp³-hybridized carbons (Fsp3) is 0. The Labute approximate surface area is 98.2 Å². The summed E-state index contributed by atoms with van der Waals surface area (Å²) in [5.74, 6) is -0.142. The lowest BCUT2D eigenvalue weighted by molar-refractivity contribution is -0.115. The van der Waals surface area contributed by atoms with Crippen molar-refractivity contribution in [1.29, 1.82) is 0 Å². The molecule has 0 aliphatic rings. The van der Waals surface area contributed by atoms with Crippen molar-refractivity contribution in [2.45, 2.75) is 0 Å². The highest BCUT2D eigenvalue weighted by atomic mass is 32.1. The smallest absolute Gasteiger partial charge is 0.249 e. The molecule has 0 aliphatic carbocycles. The van der Waals surface area contributed by atoms with E-state index in [2.05, 4.69) is 30.2 Å². The normalized spacial score (nSPS) is 10.2. The lowest BCUT2D eigenvalue weighted by atomic mass is 10.2. The van der Waals surface area contributed by atoms with Gasteiger partial charge in [0.05, 0.1) is 0 Å². The molecule has 78 valence electrons. The first-order valence-electron chi connectivity index (χ1n) is 4.09. The van der Waals surface area contributed by atoms with Gasteiger partial charge in [0, 0.05) is 6.08 Å². The molecule has 1 aromatic carbocycles. The van der Waals surface area contributed by atoms with Crippen LogP contribution in [-0.4, -0.2) is 15.3 Å². The standard InChI is InChI=1S/C10H9NO2S2/c12-8-4-1-7(2-5-8)3-6-9(13)11-10(14)15/h1-6,12H,(H2,11,13,14,15)/b6-3-. The van der Waals surface area contributed by atoms with Gasteiger partial charge in [-0.25, -0.2) is 0 Å². The van der Waals surface area contributed by atoms with Crippen molar-refractivity contribution in [1.82, 2.24) is 5.32 Å². The zero-order valence-electron chi connectivity index (χ0n) is 7.68. The predicted molar refractivity (Wildman–Crippen MR) is 66.9 cm³/mol. The molecule has 0 radical (unpaired) electrons. The summed E-state index contributed by atoms with van der Waals surface area (Å²) < 4.78 is 0.135. The summed E-state index contributed by atoms with van der Waals surface area (Å²) in [4.78, 5) is 11.1. The van der Waals surface area contributed by atoms with Gasteiger partial charge in [-0.05, 0) is 23.8 Å². The molecule has 0 spiro atoms. The van der Waals surface area contributed by atoms with Gasteiger partial charge in [0.1, 0.15) is 10.1 Å². The number of thiol groups is 1. The zero-order valence-corrected chi connectivity index (χ0v) is 9.39. The number of amides is 1. The Morgan fingerprint density at radius 2 is 2.00 bits per heavy atom. The van der Waals surface area contributed by atoms with Crippen molar-refractivity contribution in [3.8, 4) is 5.75 Å². The average Bonchev–Trinajstić information content (AvgIpc) is 2.16. The van der Waals surface area contributed by atoms with Gasteiger partial charge in [-0.3, -0.25) is 4.79 Å². The topological polar surface area (TPSA) is 49.3 Å². The minimum atomic E-state index is -0.330. The molecule has 1 amide bonds. The molecule has 0 bridgehead atoms. The number of benzene rings is 1. The van der Waals surface area contributed by atoms with Crippen LogP contribution in [0.1, 0.15) is 5.56 Å². The third-order valence-corrected chi connectivity index (χ3v) is 1.76. The number of aromatic hydroxyl groups is 1. The number of carbonyl (C=O) groups is 1. The van der Waals surface area contributed by atoms with Crippen LogP contribution in [0.5, 0.6) is 5.75 Å². The summed E-state index contributed by atoms with van der Waals surface area (Å²) in [7, 11) is 0. The van der Waals surface area contributed by atoms with E-state index in [0.29, 0.717) is 0 Å². The zero-order chi connectivity index (χ0) is 11.3. The number of hydrogen-bond acceptors (Lipinski definition) is 3. The summed E-state index contributed by atoms with van der Waals surface area (Å²) in [6.45, 7) is 0. The van der Waals surface area contributed by atoms with Crippen molar-refractivity contribution in [2.75, 3.05) is 0 Å². The van der Waals surface area contributed by atoms with Gasteiger partial charge in [0.15, 0.2) is 0 Å². The third kappa shape index (κ3) is 4.62. The summed E-state index contributed by atoms with van der Waals surface area (Å²) >= 11 is 8.35. The molecule has 1 rings (SSSR count). The van der Waals surface area contributed by atoms with Crippen LogP contribution < -0.4 is 5.32 Å². The lowest BCUT2D eigenvalue weighted by Gasteiger charge is -1.96. The van der Waals surface area contributed by atoms with Gasteiger partial charge in [-0.2, -0.15) is 0 Å². The van der Waals surface area contributed by atoms with Crippen LogP contribution in [0, 0.1) is 0 Å². The van der Waals surface area contributed by atoms with Gasteiger partial charge in [0.2, 0.25) is 5.91 Å². The van der Waals surface area contributed by atoms with E-state index < -0.39 is 0 Å². The molecule has 0 fully saturated rings. The van der Waals surface area contributed by atoms with Crippen molar-refractivity contribution in [3.63, 3.8) is 0 Å². The monoisotopic (exact) mass is 239 g/mol. The number of phenolic OH excluding ortho intramolecular Hbond substituents is 1. The van der Waals surface area contributed by atoms with Gasteiger partial charge in [0.25, 0.3) is 0 Å². The minimum absolute atomic E-state index is 0.135. The van der Waals surface area contributed by atoms with E-state index in [9.17, 15) is 4.79 Å². The summed E-state index contributed by atoms with van der Waals surface area (Å²) in [5.41, 5.74) is 0.813. The number of carbonyl (C=O) groups excluding carboxylic acids is 1. The Balaban J connectivity index is 2.61. The maximum Gasteiger partial charge on any atom is 0.249 e. The van der Waals surface area contributed by atoms with Crippen molar-refractivity contribution in [3.05, 3.63) is 35.9 Å². The maximum atomic E-state index is 11.1. The fourth-order valence-electron chi connectivity index (χ4n) is 0.904. The van der Waals surface area contributed by atoms with E-state index in [4.69, 9.17) is 5.11 Å². The number of hydrogen-bond donors (Lipinski definition) is 3. The fourth-order valence-corrected chi connectivity index (χ4v) is 1.12. The largest absolute Gasteiger partial charge is 0.508 e. The Morgan fingerprint density at radius 1 is 1.40 bits per heavy atom. The quantitative estimate of drug-likeness (QED) is 0.418. The first-order chi connectivity index (χ1) is 7.08. The number of phenols is 1. The Hall–Kier alpha value is -1.33. The molecule has 0 saturated carbocycles. The number of nitrogens with one attached hydrogen (secondary N) is 1. The molecule has 5 heteroatoms. The van der Waals surface area contributed by atoms with Crippen LogP contribution in [0.25, 0.3) is 6.08 Å². The van der Waals surface area contributed by atoms with Gasteiger partial charge >= 0.3 is 0 Å². The molecule has 1 aromatic rings. The van der Waals surface area contributed by atoms with E-state index >= 15 is 0 Å². The Morgan fingerprint density at radius 3 is 2.53 bits per heavy atom. The molecule has 2 N–H and O–H groups in total. The van der Waals surface area contributed by atoms with Gasteiger partial charge < -0.3 is 10.4 Å². The van der Waals surface area contributed by atoms with E-state index in [1.807, 2.05) is 0 Å². The summed E-state index contributed by atoms with van der Waals surface area (Å²) in [6, 6.07) is 6.47. The van der Waals surface area contributed by atoms with Crippen molar-refractivity contribution < 1.29 is 9.90 Å². The summed E-state index contributed by atoms with van der Waals surface area (Å²) in [6.07, 6.45) is 2.95. The second-order valence-corrected chi connectivity index (χ2v) is 3.88. The van der Waals surface area contributed by atoms with Crippen LogP contribution in [0.3, 0.4) is 0 Å². The lowest BCUT2D eigenvalue weighted by Crippen LogP contribution is -2.22.